The van der Waals surface area contributed by atoms with Crippen molar-refractivity contribution in [2.24, 2.45) is 5.92 Å². The number of nitrogens with zero attached hydrogens (tertiary/aromatic N) is 1. The lowest BCUT2D eigenvalue weighted by Gasteiger charge is -2.20. The Bertz CT molecular complexity index is 189. The molecule has 2 fully saturated rings. The molecule has 0 amide bonds. The highest BCUT2D eigenvalue weighted by Crippen LogP contribution is 2.30. The van der Waals surface area contributed by atoms with Gasteiger partial charge in [0, 0.05) is 13.0 Å². The number of hydrogen-bond donors (Lipinski definition) is 0. The topological polar surface area (TPSA) is 29.5 Å². The van der Waals surface area contributed by atoms with Crippen LogP contribution in [0.5, 0.6) is 0 Å². The molecule has 0 spiro atoms. The number of esters is 1. The summed E-state index contributed by atoms with van der Waals surface area (Å²) in [7, 11) is 2.02. The van der Waals surface area contributed by atoms with Crippen molar-refractivity contribution >= 4 is 5.97 Å². The fourth-order valence-electron chi connectivity index (χ4n) is 1.72. The Morgan fingerprint density at radius 1 is 1.50 bits per heavy atom. The first kappa shape index (κ1) is 8.05. The number of carbonyl (C=O) groups excluding carboxylic acids is 1. The molecule has 2 rings (SSSR count). The van der Waals surface area contributed by atoms with E-state index < -0.39 is 0 Å². The lowest BCUT2D eigenvalue weighted by atomic mass is 10.2. The average molecular weight is 169 g/mol. The van der Waals surface area contributed by atoms with Crippen molar-refractivity contribution in [3.8, 4) is 0 Å². The molecule has 0 bridgehead atoms. The van der Waals surface area contributed by atoms with E-state index >= 15 is 0 Å². The second-order valence-corrected chi connectivity index (χ2v) is 3.85. The maximum atomic E-state index is 11.2. The van der Waals surface area contributed by atoms with Gasteiger partial charge >= 0.3 is 5.97 Å². The Labute approximate surface area is 72.7 Å². The molecule has 0 N–H and O–H groups in total. The van der Waals surface area contributed by atoms with Crippen molar-refractivity contribution in [1.82, 2.24) is 4.90 Å². The molecule has 1 unspecified atom stereocenters. The molecule has 0 aromatic heterocycles. The van der Waals surface area contributed by atoms with Gasteiger partial charge in [0.2, 0.25) is 0 Å². The number of ether oxygens (including phenoxy) is 1. The van der Waals surface area contributed by atoms with Crippen LogP contribution in [0.3, 0.4) is 0 Å². The summed E-state index contributed by atoms with van der Waals surface area (Å²) in [5.74, 6) is 0.821. The van der Waals surface area contributed by atoms with Crippen LogP contribution in [0.2, 0.25) is 0 Å². The minimum absolute atomic E-state index is 0.0295. The predicted molar refractivity (Wildman–Crippen MR) is 44.7 cm³/mol. The van der Waals surface area contributed by atoms with Crippen LogP contribution >= 0.6 is 0 Å². The first-order valence-electron chi connectivity index (χ1n) is 4.64. The SMILES string of the molecule is CN(CC1CC1)C1CCOC1=O. The molecule has 1 saturated carbocycles. The zero-order chi connectivity index (χ0) is 8.55. The van der Waals surface area contributed by atoms with Crippen molar-refractivity contribution in [3.05, 3.63) is 0 Å². The van der Waals surface area contributed by atoms with Crippen LogP contribution in [0.15, 0.2) is 0 Å². The highest BCUT2D eigenvalue weighted by atomic mass is 16.5. The molecule has 0 aromatic rings. The second-order valence-electron chi connectivity index (χ2n) is 3.85. The molecule has 0 aromatic carbocycles. The number of cyclic esters (lactones) is 1. The van der Waals surface area contributed by atoms with E-state index in [1.54, 1.807) is 0 Å². The average Bonchev–Trinajstić information content (AvgIpc) is 2.72. The van der Waals surface area contributed by atoms with E-state index in [4.69, 9.17) is 4.74 Å². The van der Waals surface area contributed by atoms with E-state index in [9.17, 15) is 4.79 Å². The van der Waals surface area contributed by atoms with E-state index in [1.807, 2.05) is 7.05 Å². The van der Waals surface area contributed by atoms with Crippen molar-refractivity contribution in [2.75, 3.05) is 20.2 Å². The Morgan fingerprint density at radius 2 is 2.25 bits per heavy atom. The van der Waals surface area contributed by atoms with Gasteiger partial charge in [0.05, 0.1) is 6.61 Å². The van der Waals surface area contributed by atoms with Crippen LogP contribution in [-0.2, 0) is 9.53 Å². The zero-order valence-electron chi connectivity index (χ0n) is 7.45. The molecule has 3 nitrogen and oxygen atoms in total. The van der Waals surface area contributed by atoms with Gasteiger partial charge in [-0.1, -0.05) is 0 Å². The molecule has 1 saturated heterocycles. The lowest BCUT2D eigenvalue weighted by Crippen LogP contribution is -2.36. The van der Waals surface area contributed by atoms with Gasteiger partial charge in [-0.25, -0.2) is 0 Å². The monoisotopic (exact) mass is 169 g/mol. The molecule has 1 atom stereocenters. The van der Waals surface area contributed by atoms with Crippen molar-refractivity contribution < 1.29 is 9.53 Å². The van der Waals surface area contributed by atoms with Crippen LogP contribution in [0.1, 0.15) is 19.3 Å². The largest absolute Gasteiger partial charge is 0.464 e. The summed E-state index contributed by atoms with van der Waals surface area (Å²) in [5, 5.41) is 0. The standard InChI is InChI=1S/C9H15NO2/c1-10(6-7-2-3-7)8-4-5-12-9(8)11/h7-8H,2-6H2,1H3. The Hall–Kier alpha value is -0.570. The van der Waals surface area contributed by atoms with E-state index in [1.165, 1.54) is 12.8 Å². The zero-order valence-corrected chi connectivity index (χ0v) is 7.45. The molecule has 0 radical (unpaired) electrons. The third kappa shape index (κ3) is 1.61. The van der Waals surface area contributed by atoms with Crippen LogP contribution in [0, 0.1) is 5.92 Å². The third-order valence-electron chi connectivity index (χ3n) is 2.68. The van der Waals surface area contributed by atoms with Gasteiger partial charge in [0.1, 0.15) is 6.04 Å². The van der Waals surface area contributed by atoms with E-state index in [0.29, 0.717) is 6.61 Å². The predicted octanol–water partition coefficient (Wildman–Crippen LogP) is 0.644. The van der Waals surface area contributed by atoms with Gasteiger partial charge in [-0.15, -0.1) is 0 Å². The molecule has 1 heterocycles. The molecule has 1 aliphatic carbocycles. The van der Waals surface area contributed by atoms with Crippen molar-refractivity contribution in [3.63, 3.8) is 0 Å². The summed E-state index contributed by atoms with van der Waals surface area (Å²) in [6.07, 6.45) is 3.56. The highest BCUT2D eigenvalue weighted by molar-refractivity contribution is 5.77. The number of hydrogen-bond acceptors (Lipinski definition) is 3. The van der Waals surface area contributed by atoms with Crippen LogP contribution in [-0.4, -0.2) is 37.1 Å². The number of rotatable bonds is 3. The molecular weight excluding hydrogens is 154 g/mol. The molecule has 1 aliphatic heterocycles. The molecule has 2 aliphatic rings. The van der Waals surface area contributed by atoms with Gasteiger partial charge in [-0.3, -0.25) is 9.69 Å². The minimum Gasteiger partial charge on any atom is -0.464 e. The summed E-state index contributed by atoms with van der Waals surface area (Å²) >= 11 is 0. The quantitative estimate of drug-likeness (QED) is 0.581. The van der Waals surface area contributed by atoms with E-state index in [-0.39, 0.29) is 12.0 Å². The maximum Gasteiger partial charge on any atom is 0.323 e. The summed E-state index contributed by atoms with van der Waals surface area (Å²) < 4.78 is 4.91. The Balaban J connectivity index is 1.84. The molecule has 68 valence electrons. The normalized spacial score (nSPS) is 29.5. The summed E-state index contributed by atoms with van der Waals surface area (Å²) in [4.78, 5) is 13.3. The number of carbonyl (C=O) groups is 1. The molecule has 12 heavy (non-hydrogen) atoms. The van der Waals surface area contributed by atoms with Crippen LogP contribution < -0.4 is 0 Å². The summed E-state index contributed by atoms with van der Waals surface area (Å²) in [6, 6.07) is 0.0469. The van der Waals surface area contributed by atoms with Crippen molar-refractivity contribution in [2.45, 2.75) is 25.3 Å². The summed E-state index contributed by atoms with van der Waals surface area (Å²) in [5.41, 5.74) is 0. The van der Waals surface area contributed by atoms with E-state index in [2.05, 4.69) is 4.90 Å². The van der Waals surface area contributed by atoms with Crippen LogP contribution in [0.25, 0.3) is 0 Å². The molecule has 3 heteroatoms. The Kier molecular flexibility index (Phi) is 2.05. The van der Waals surface area contributed by atoms with Gasteiger partial charge in [-0.2, -0.15) is 0 Å². The first-order valence-corrected chi connectivity index (χ1v) is 4.64. The molecular formula is C9H15NO2. The second kappa shape index (κ2) is 3.05. The van der Waals surface area contributed by atoms with E-state index in [0.717, 1.165) is 18.9 Å². The smallest absolute Gasteiger partial charge is 0.323 e. The maximum absolute atomic E-state index is 11.2. The third-order valence-corrected chi connectivity index (χ3v) is 2.68. The first-order chi connectivity index (χ1) is 5.77. The van der Waals surface area contributed by atoms with Gasteiger partial charge in [-0.05, 0) is 25.8 Å². The van der Waals surface area contributed by atoms with Crippen LogP contribution in [0.4, 0.5) is 0 Å². The lowest BCUT2D eigenvalue weighted by molar-refractivity contribution is -0.142. The van der Waals surface area contributed by atoms with Crippen molar-refractivity contribution in [1.29, 1.82) is 0 Å². The number of likely N-dealkylation sites (N-methyl/N-ethyl adjacent to an activating group) is 1. The fourth-order valence-corrected chi connectivity index (χ4v) is 1.72. The Morgan fingerprint density at radius 3 is 2.75 bits per heavy atom. The van der Waals surface area contributed by atoms with Gasteiger partial charge < -0.3 is 4.74 Å². The minimum atomic E-state index is -0.0295. The highest BCUT2D eigenvalue weighted by Gasteiger charge is 2.33. The van der Waals surface area contributed by atoms with Gasteiger partial charge in [0.25, 0.3) is 0 Å². The summed E-state index contributed by atoms with van der Waals surface area (Å²) in [6.45, 7) is 1.68. The van der Waals surface area contributed by atoms with Gasteiger partial charge in [0.15, 0.2) is 0 Å². The fraction of sp³-hybridized carbons (Fsp3) is 0.889.